The van der Waals surface area contributed by atoms with Crippen molar-refractivity contribution >= 4 is 5.97 Å². The highest BCUT2D eigenvalue weighted by Crippen LogP contribution is 2.38. The van der Waals surface area contributed by atoms with Crippen molar-refractivity contribution < 1.29 is 39.1 Å². The second-order valence-electron chi connectivity index (χ2n) is 10.4. The van der Waals surface area contributed by atoms with Crippen molar-refractivity contribution in [2.45, 2.75) is 115 Å². The van der Waals surface area contributed by atoms with Gasteiger partial charge in [-0.15, -0.1) is 0 Å². The number of esters is 1. The van der Waals surface area contributed by atoms with Crippen LogP contribution in [0.25, 0.3) is 0 Å². The third kappa shape index (κ3) is 10.9. The Labute approximate surface area is 211 Å². The summed E-state index contributed by atoms with van der Waals surface area (Å²) in [7, 11) is 1.42. The molecule has 2 fully saturated rings. The Morgan fingerprint density at radius 1 is 1.06 bits per heavy atom. The van der Waals surface area contributed by atoms with Crippen LogP contribution < -0.4 is 0 Å². The minimum atomic E-state index is -0.933. The number of aliphatic hydroxyl groups excluding tert-OH is 3. The minimum absolute atomic E-state index is 0.0111. The Hall–Kier alpha value is -1.03. The molecule has 2 rings (SSSR count). The molecule has 3 N–H and O–H groups in total. The standard InChI is InChI=1S/C27H48O8/c1-18(12-14-33-13-10-8-6-5-7-9-11-24(29)32-4)15-22-26(31)25(30)21(17-34-22)16-23-27(35-23)19(2)20(3)28/h12,19-23,25-28,30-31H,5-11,13-17H2,1-4H3/b18-12+/t19-,20-,21-,22-,23-,25+,26-,27-/m0/s1. The van der Waals surface area contributed by atoms with Crippen LogP contribution in [0, 0.1) is 11.8 Å². The fourth-order valence-electron chi connectivity index (χ4n) is 4.68. The van der Waals surface area contributed by atoms with E-state index in [2.05, 4.69) is 4.74 Å². The van der Waals surface area contributed by atoms with Gasteiger partial charge < -0.3 is 34.3 Å². The van der Waals surface area contributed by atoms with Crippen LogP contribution >= 0.6 is 0 Å². The zero-order chi connectivity index (χ0) is 25.8. The number of aliphatic hydroxyl groups is 3. The van der Waals surface area contributed by atoms with Crippen molar-refractivity contribution in [3.8, 4) is 0 Å². The van der Waals surface area contributed by atoms with Crippen LogP contribution in [0.2, 0.25) is 0 Å². The quantitative estimate of drug-likeness (QED) is 0.121. The molecule has 8 atom stereocenters. The Kier molecular flexibility index (Phi) is 13.8. The summed E-state index contributed by atoms with van der Waals surface area (Å²) < 4.78 is 21.9. The highest BCUT2D eigenvalue weighted by atomic mass is 16.6. The maximum Gasteiger partial charge on any atom is 0.305 e. The van der Waals surface area contributed by atoms with Crippen molar-refractivity contribution in [3.63, 3.8) is 0 Å². The van der Waals surface area contributed by atoms with E-state index in [1.807, 2.05) is 19.9 Å². The number of methoxy groups -OCH3 is 1. The van der Waals surface area contributed by atoms with E-state index in [4.69, 9.17) is 14.2 Å². The average molecular weight is 501 g/mol. The van der Waals surface area contributed by atoms with Gasteiger partial charge in [-0.2, -0.15) is 0 Å². The number of epoxide rings is 1. The molecule has 2 aliphatic rings. The largest absolute Gasteiger partial charge is 0.469 e. The van der Waals surface area contributed by atoms with E-state index in [1.165, 1.54) is 7.11 Å². The van der Waals surface area contributed by atoms with Gasteiger partial charge in [0.05, 0.1) is 50.8 Å². The molecule has 2 heterocycles. The summed E-state index contributed by atoms with van der Waals surface area (Å²) in [6.07, 6.45) is 7.46. The molecule has 0 aromatic rings. The number of rotatable bonds is 17. The molecule has 2 saturated heterocycles. The fourth-order valence-corrected chi connectivity index (χ4v) is 4.68. The molecule has 0 radical (unpaired) electrons. The van der Waals surface area contributed by atoms with E-state index in [1.54, 1.807) is 6.92 Å². The molecule has 0 unspecified atom stereocenters. The molecule has 0 saturated carbocycles. The second-order valence-corrected chi connectivity index (χ2v) is 10.4. The van der Waals surface area contributed by atoms with Gasteiger partial charge in [-0.05, 0) is 39.5 Å². The monoisotopic (exact) mass is 500 g/mol. The summed E-state index contributed by atoms with van der Waals surface area (Å²) in [5, 5.41) is 31.0. The van der Waals surface area contributed by atoms with E-state index >= 15 is 0 Å². The normalized spacial score (nSPS) is 30.7. The topological polar surface area (TPSA) is 118 Å². The Balaban J connectivity index is 1.54. The van der Waals surface area contributed by atoms with E-state index in [9.17, 15) is 20.1 Å². The van der Waals surface area contributed by atoms with E-state index in [0.29, 0.717) is 39.1 Å². The molecular formula is C27H48O8. The van der Waals surface area contributed by atoms with Crippen LogP contribution in [0.15, 0.2) is 11.6 Å². The minimum Gasteiger partial charge on any atom is -0.469 e. The van der Waals surface area contributed by atoms with Gasteiger partial charge in [0.25, 0.3) is 0 Å². The molecule has 0 amide bonds. The molecule has 0 aliphatic carbocycles. The van der Waals surface area contributed by atoms with Crippen LogP contribution in [-0.4, -0.2) is 84.8 Å². The molecule has 2 aliphatic heterocycles. The first-order chi connectivity index (χ1) is 16.7. The van der Waals surface area contributed by atoms with Crippen molar-refractivity contribution in [1.29, 1.82) is 0 Å². The summed E-state index contributed by atoms with van der Waals surface area (Å²) in [4.78, 5) is 11.0. The van der Waals surface area contributed by atoms with Crippen LogP contribution in [-0.2, 0) is 23.7 Å². The molecule has 0 aromatic heterocycles. The first-order valence-electron chi connectivity index (χ1n) is 13.4. The second kappa shape index (κ2) is 15.9. The van der Waals surface area contributed by atoms with Gasteiger partial charge in [0.1, 0.15) is 6.10 Å². The number of ether oxygens (including phenoxy) is 4. The van der Waals surface area contributed by atoms with E-state index in [-0.39, 0.29) is 30.0 Å². The number of hydrogen-bond donors (Lipinski definition) is 3. The highest BCUT2D eigenvalue weighted by Gasteiger charge is 2.48. The molecule has 35 heavy (non-hydrogen) atoms. The van der Waals surface area contributed by atoms with Gasteiger partial charge >= 0.3 is 5.97 Å². The summed E-state index contributed by atoms with van der Waals surface area (Å²) in [5.74, 6) is -0.246. The molecule has 0 aromatic carbocycles. The van der Waals surface area contributed by atoms with E-state index in [0.717, 1.165) is 44.1 Å². The van der Waals surface area contributed by atoms with Crippen molar-refractivity contribution in [1.82, 2.24) is 0 Å². The number of carbonyl (C=O) groups excluding carboxylic acids is 1. The molecule has 8 heteroatoms. The van der Waals surface area contributed by atoms with Crippen molar-refractivity contribution in [2.75, 3.05) is 26.9 Å². The highest BCUT2D eigenvalue weighted by molar-refractivity contribution is 5.68. The third-order valence-electron chi connectivity index (χ3n) is 7.39. The van der Waals surface area contributed by atoms with Crippen LogP contribution in [0.1, 0.15) is 78.6 Å². The summed E-state index contributed by atoms with van der Waals surface area (Å²) >= 11 is 0. The molecule has 0 bridgehead atoms. The summed E-state index contributed by atoms with van der Waals surface area (Å²) in [6.45, 7) is 7.35. The summed E-state index contributed by atoms with van der Waals surface area (Å²) in [6, 6.07) is 0. The summed E-state index contributed by atoms with van der Waals surface area (Å²) in [5.41, 5.74) is 1.07. The van der Waals surface area contributed by atoms with Gasteiger partial charge in [-0.1, -0.05) is 44.3 Å². The van der Waals surface area contributed by atoms with Gasteiger partial charge in [0, 0.05) is 24.9 Å². The lowest BCUT2D eigenvalue weighted by molar-refractivity contribution is -0.165. The predicted molar refractivity (Wildman–Crippen MR) is 133 cm³/mol. The Bertz CT molecular complexity index is 637. The predicted octanol–water partition coefficient (Wildman–Crippen LogP) is 3.15. The Morgan fingerprint density at radius 2 is 1.74 bits per heavy atom. The molecule has 204 valence electrons. The SMILES string of the molecule is COC(=O)CCCCCCCCOC/C=C(\C)C[C@@H]1OC[C@H](C[C@@H]2O[C@H]2[C@@H](C)[C@H](C)O)[C@@H](O)[C@H]1O. The molecular weight excluding hydrogens is 452 g/mol. The maximum absolute atomic E-state index is 11.0. The molecule has 0 spiro atoms. The lowest BCUT2D eigenvalue weighted by Crippen LogP contribution is -2.50. The lowest BCUT2D eigenvalue weighted by atomic mass is 9.85. The third-order valence-corrected chi connectivity index (χ3v) is 7.39. The van der Waals surface area contributed by atoms with Crippen LogP contribution in [0.5, 0.6) is 0 Å². The van der Waals surface area contributed by atoms with Gasteiger partial charge in [0.2, 0.25) is 0 Å². The van der Waals surface area contributed by atoms with Crippen molar-refractivity contribution in [3.05, 3.63) is 11.6 Å². The van der Waals surface area contributed by atoms with Gasteiger partial charge in [-0.3, -0.25) is 4.79 Å². The average Bonchev–Trinajstić information content (AvgIpc) is 3.60. The maximum atomic E-state index is 11.0. The zero-order valence-electron chi connectivity index (χ0n) is 22.1. The number of hydrogen-bond acceptors (Lipinski definition) is 8. The van der Waals surface area contributed by atoms with Crippen LogP contribution in [0.3, 0.4) is 0 Å². The fraction of sp³-hybridized carbons (Fsp3) is 0.889. The van der Waals surface area contributed by atoms with Gasteiger partial charge in [0.15, 0.2) is 0 Å². The smallest absolute Gasteiger partial charge is 0.305 e. The zero-order valence-corrected chi connectivity index (χ0v) is 22.1. The van der Waals surface area contributed by atoms with Crippen molar-refractivity contribution in [2.24, 2.45) is 11.8 Å². The van der Waals surface area contributed by atoms with Crippen LogP contribution in [0.4, 0.5) is 0 Å². The number of carbonyl (C=O) groups is 1. The first kappa shape index (κ1) is 30.2. The van der Waals surface area contributed by atoms with Gasteiger partial charge in [-0.25, -0.2) is 0 Å². The van der Waals surface area contributed by atoms with E-state index < -0.39 is 24.4 Å². The first-order valence-corrected chi connectivity index (χ1v) is 13.4. The molecule has 8 nitrogen and oxygen atoms in total. The Morgan fingerprint density at radius 3 is 2.43 bits per heavy atom. The lowest BCUT2D eigenvalue weighted by Gasteiger charge is -2.38. The number of unbranched alkanes of at least 4 members (excludes halogenated alkanes) is 5.